The largest absolute Gasteiger partial charge is 0.480 e. The first-order chi connectivity index (χ1) is 9.49. The van der Waals surface area contributed by atoms with Gasteiger partial charge in [-0.25, -0.2) is 0 Å². The molecular formula is C15H20N2O3. The van der Waals surface area contributed by atoms with E-state index in [0.29, 0.717) is 5.56 Å². The molecule has 1 atom stereocenters. The fourth-order valence-corrected chi connectivity index (χ4v) is 2.40. The Bertz CT molecular complexity index is 522. The number of nitrogens with one attached hydrogen (secondary N) is 1. The van der Waals surface area contributed by atoms with Gasteiger partial charge >= 0.3 is 5.97 Å². The first kappa shape index (κ1) is 14.4. The Morgan fingerprint density at radius 2 is 1.95 bits per heavy atom. The normalized spacial score (nSPS) is 16.0. The summed E-state index contributed by atoms with van der Waals surface area (Å²) in [5, 5.41) is 11.4. The van der Waals surface area contributed by atoms with Gasteiger partial charge < -0.3 is 15.3 Å². The summed E-state index contributed by atoms with van der Waals surface area (Å²) in [7, 11) is 0. The Labute approximate surface area is 118 Å². The van der Waals surface area contributed by atoms with Crippen LogP contribution in [0.5, 0.6) is 0 Å². The summed E-state index contributed by atoms with van der Waals surface area (Å²) in [6.45, 7) is 5.27. The van der Waals surface area contributed by atoms with Crippen LogP contribution in [0.15, 0.2) is 18.2 Å². The molecule has 0 radical (unpaired) electrons. The summed E-state index contributed by atoms with van der Waals surface area (Å²) in [6, 6.07) is 4.85. The molecule has 5 heteroatoms. The summed E-state index contributed by atoms with van der Waals surface area (Å²) < 4.78 is 0. The minimum absolute atomic E-state index is 0.328. The van der Waals surface area contributed by atoms with Gasteiger partial charge in [0.1, 0.15) is 6.04 Å². The van der Waals surface area contributed by atoms with Crippen LogP contribution >= 0.6 is 0 Å². The van der Waals surface area contributed by atoms with Gasteiger partial charge in [-0.05, 0) is 38.8 Å². The van der Waals surface area contributed by atoms with Crippen LogP contribution in [-0.2, 0) is 4.79 Å². The van der Waals surface area contributed by atoms with Crippen molar-refractivity contribution in [1.29, 1.82) is 0 Å². The van der Waals surface area contributed by atoms with Crippen molar-refractivity contribution in [3.8, 4) is 0 Å². The maximum absolute atomic E-state index is 12.3. The topological polar surface area (TPSA) is 69.6 Å². The fourth-order valence-electron chi connectivity index (χ4n) is 2.40. The molecule has 1 fully saturated rings. The van der Waals surface area contributed by atoms with Gasteiger partial charge in [-0.3, -0.25) is 9.59 Å². The zero-order chi connectivity index (χ0) is 14.7. The molecule has 0 unspecified atom stereocenters. The van der Waals surface area contributed by atoms with E-state index in [2.05, 4.69) is 10.2 Å². The van der Waals surface area contributed by atoms with Crippen molar-refractivity contribution in [3.05, 3.63) is 29.3 Å². The average molecular weight is 276 g/mol. The second-order valence-electron chi connectivity index (χ2n) is 5.25. The van der Waals surface area contributed by atoms with E-state index in [1.165, 1.54) is 6.92 Å². The quantitative estimate of drug-likeness (QED) is 0.879. The molecule has 20 heavy (non-hydrogen) atoms. The van der Waals surface area contributed by atoms with Gasteiger partial charge in [0, 0.05) is 18.8 Å². The zero-order valence-electron chi connectivity index (χ0n) is 11.8. The molecule has 1 aliphatic rings. The van der Waals surface area contributed by atoms with Gasteiger partial charge in [0.25, 0.3) is 5.91 Å². The minimum Gasteiger partial charge on any atom is -0.480 e. The Balaban J connectivity index is 2.26. The summed E-state index contributed by atoms with van der Waals surface area (Å²) in [5.74, 6) is -1.36. The Morgan fingerprint density at radius 3 is 2.55 bits per heavy atom. The number of carboxylic acid groups (broad SMARTS) is 1. The number of carboxylic acids is 1. The highest BCUT2D eigenvalue weighted by molar-refractivity contribution is 6.01. The number of nitrogens with zero attached hydrogens (tertiary/aromatic N) is 1. The smallest absolute Gasteiger partial charge is 0.325 e. The van der Waals surface area contributed by atoms with E-state index in [9.17, 15) is 9.59 Å². The van der Waals surface area contributed by atoms with Crippen molar-refractivity contribution in [2.24, 2.45) is 0 Å². The van der Waals surface area contributed by atoms with Gasteiger partial charge in [0.2, 0.25) is 0 Å². The van der Waals surface area contributed by atoms with Gasteiger partial charge in [-0.1, -0.05) is 11.6 Å². The second-order valence-corrected chi connectivity index (χ2v) is 5.25. The number of amides is 1. The number of benzene rings is 1. The maximum atomic E-state index is 12.3. The third-order valence-corrected chi connectivity index (χ3v) is 3.56. The third-order valence-electron chi connectivity index (χ3n) is 3.56. The first-order valence-corrected chi connectivity index (χ1v) is 6.88. The number of aryl methyl sites for hydroxylation is 1. The molecule has 0 aromatic heterocycles. The number of carbonyl (C=O) groups is 2. The Hall–Kier alpha value is -2.04. The number of hydrogen-bond acceptors (Lipinski definition) is 3. The molecule has 2 N–H and O–H groups in total. The maximum Gasteiger partial charge on any atom is 0.325 e. The lowest BCUT2D eigenvalue weighted by atomic mass is 10.1. The van der Waals surface area contributed by atoms with Gasteiger partial charge in [0.05, 0.1) is 5.56 Å². The summed E-state index contributed by atoms with van der Waals surface area (Å²) >= 11 is 0. The molecule has 1 amide bonds. The molecule has 2 rings (SSSR count). The fraction of sp³-hybridized carbons (Fsp3) is 0.467. The molecule has 5 nitrogen and oxygen atoms in total. The van der Waals surface area contributed by atoms with Crippen LogP contribution in [0.2, 0.25) is 0 Å². The van der Waals surface area contributed by atoms with Gasteiger partial charge in [0.15, 0.2) is 0 Å². The predicted octanol–water partition coefficient (Wildman–Crippen LogP) is 1.80. The molecule has 1 saturated heterocycles. The standard InChI is InChI=1S/C15H20N2O3/c1-10-5-6-13(17-7-3-4-8-17)12(9-10)14(18)16-11(2)15(19)20/h5-6,9,11H,3-4,7-8H2,1-2H3,(H,16,18)(H,19,20)/t11-/m0/s1. The number of carbonyl (C=O) groups excluding carboxylic acids is 1. The lowest BCUT2D eigenvalue weighted by Crippen LogP contribution is -2.39. The Kier molecular flexibility index (Phi) is 4.27. The number of anilines is 1. The van der Waals surface area contributed by atoms with E-state index in [1.807, 2.05) is 25.1 Å². The molecule has 1 heterocycles. The minimum atomic E-state index is -1.03. The van der Waals surface area contributed by atoms with Crippen LogP contribution in [0, 0.1) is 6.92 Å². The molecule has 0 aliphatic carbocycles. The van der Waals surface area contributed by atoms with Crippen LogP contribution in [0.4, 0.5) is 5.69 Å². The van der Waals surface area contributed by atoms with Gasteiger partial charge in [-0.15, -0.1) is 0 Å². The first-order valence-electron chi connectivity index (χ1n) is 6.88. The highest BCUT2D eigenvalue weighted by Crippen LogP contribution is 2.25. The molecule has 0 saturated carbocycles. The number of hydrogen-bond donors (Lipinski definition) is 2. The highest BCUT2D eigenvalue weighted by atomic mass is 16.4. The van der Waals surface area contributed by atoms with Crippen LogP contribution in [0.1, 0.15) is 35.7 Å². The van der Waals surface area contributed by atoms with Gasteiger partial charge in [-0.2, -0.15) is 0 Å². The Morgan fingerprint density at radius 1 is 1.30 bits per heavy atom. The monoisotopic (exact) mass is 276 g/mol. The van der Waals surface area contributed by atoms with Crippen molar-refractivity contribution in [1.82, 2.24) is 5.32 Å². The van der Waals surface area contributed by atoms with E-state index < -0.39 is 12.0 Å². The highest BCUT2D eigenvalue weighted by Gasteiger charge is 2.22. The van der Waals surface area contributed by atoms with Crippen molar-refractivity contribution < 1.29 is 14.7 Å². The molecule has 1 aromatic carbocycles. The molecule has 1 aromatic rings. The molecule has 0 bridgehead atoms. The lowest BCUT2D eigenvalue weighted by molar-refractivity contribution is -0.138. The molecule has 0 spiro atoms. The van der Waals surface area contributed by atoms with Crippen molar-refractivity contribution in [2.45, 2.75) is 32.7 Å². The van der Waals surface area contributed by atoms with E-state index in [4.69, 9.17) is 5.11 Å². The average Bonchev–Trinajstić information content (AvgIpc) is 2.92. The van der Waals surface area contributed by atoms with Crippen LogP contribution in [0.25, 0.3) is 0 Å². The van der Waals surface area contributed by atoms with Crippen molar-refractivity contribution in [2.75, 3.05) is 18.0 Å². The van der Waals surface area contributed by atoms with Crippen LogP contribution in [0.3, 0.4) is 0 Å². The van der Waals surface area contributed by atoms with E-state index in [-0.39, 0.29) is 5.91 Å². The van der Waals surface area contributed by atoms with Crippen molar-refractivity contribution >= 4 is 17.6 Å². The molecule has 1 aliphatic heterocycles. The van der Waals surface area contributed by atoms with Crippen molar-refractivity contribution in [3.63, 3.8) is 0 Å². The third kappa shape index (κ3) is 3.10. The number of aliphatic carboxylic acids is 1. The van der Waals surface area contributed by atoms with Crippen LogP contribution in [-0.4, -0.2) is 36.1 Å². The summed E-state index contributed by atoms with van der Waals surface area (Å²) in [6.07, 6.45) is 2.25. The molecular weight excluding hydrogens is 256 g/mol. The predicted molar refractivity (Wildman–Crippen MR) is 77.2 cm³/mol. The molecule has 108 valence electrons. The second kappa shape index (κ2) is 5.94. The summed E-state index contributed by atoms with van der Waals surface area (Å²) in [5.41, 5.74) is 2.43. The van der Waals surface area contributed by atoms with Crippen LogP contribution < -0.4 is 10.2 Å². The SMILES string of the molecule is Cc1ccc(N2CCCC2)c(C(=O)N[C@@H](C)C(=O)O)c1. The van der Waals surface area contributed by atoms with E-state index >= 15 is 0 Å². The van der Waals surface area contributed by atoms with E-state index in [1.54, 1.807) is 0 Å². The number of rotatable bonds is 4. The zero-order valence-corrected chi connectivity index (χ0v) is 11.8. The van der Waals surface area contributed by atoms with E-state index in [0.717, 1.165) is 37.2 Å². The summed E-state index contributed by atoms with van der Waals surface area (Å²) in [4.78, 5) is 25.3. The lowest BCUT2D eigenvalue weighted by Gasteiger charge is -2.22.